The number of nitrogens with zero attached hydrogens (tertiary/aromatic N) is 1. The fraction of sp³-hybridized carbons (Fsp3) is 0.269. The quantitative estimate of drug-likeness (QED) is 0.337. The maximum atomic E-state index is 13.4. The van der Waals surface area contributed by atoms with Gasteiger partial charge in [-0.15, -0.1) is 0 Å². The molecule has 0 aliphatic heterocycles. The first kappa shape index (κ1) is 26.1. The van der Waals surface area contributed by atoms with Crippen molar-refractivity contribution in [1.29, 1.82) is 0 Å². The minimum atomic E-state index is -3.90. The summed E-state index contributed by atoms with van der Waals surface area (Å²) in [4.78, 5) is 12.9. The Labute approximate surface area is 211 Å². The van der Waals surface area contributed by atoms with Crippen molar-refractivity contribution >= 4 is 45.0 Å². The van der Waals surface area contributed by atoms with E-state index in [2.05, 4.69) is 5.32 Å². The lowest BCUT2D eigenvalue weighted by atomic mass is 10.1. The minimum Gasteiger partial charge on any atom is -0.354 e. The number of carbonyl (C=O) groups excluding carboxylic acids is 1. The summed E-state index contributed by atoms with van der Waals surface area (Å²) in [6.45, 7) is 4.00. The molecule has 3 rings (SSSR count). The lowest BCUT2D eigenvalue weighted by Gasteiger charge is -2.26. The number of rotatable bonds is 11. The van der Waals surface area contributed by atoms with Crippen molar-refractivity contribution in [2.24, 2.45) is 0 Å². The molecular formula is C26H29ClN2O3S2. The van der Waals surface area contributed by atoms with Crippen LogP contribution in [0.25, 0.3) is 0 Å². The van der Waals surface area contributed by atoms with Crippen molar-refractivity contribution in [2.75, 3.05) is 23.1 Å². The van der Waals surface area contributed by atoms with Gasteiger partial charge in [-0.05, 0) is 73.0 Å². The van der Waals surface area contributed by atoms with Crippen molar-refractivity contribution in [3.8, 4) is 0 Å². The summed E-state index contributed by atoms with van der Waals surface area (Å²) in [5.74, 6) is 1.43. The number of carbonyl (C=O) groups is 1. The maximum absolute atomic E-state index is 13.4. The third-order valence-electron chi connectivity index (χ3n) is 5.43. The molecule has 3 aromatic carbocycles. The minimum absolute atomic E-state index is 0.155. The lowest BCUT2D eigenvalue weighted by Crippen LogP contribution is -2.41. The topological polar surface area (TPSA) is 66.5 Å². The van der Waals surface area contributed by atoms with E-state index >= 15 is 0 Å². The van der Waals surface area contributed by atoms with Crippen LogP contribution >= 0.6 is 23.4 Å². The van der Waals surface area contributed by atoms with Crippen LogP contribution < -0.4 is 9.62 Å². The molecule has 0 aromatic heterocycles. The first-order valence-corrected chi connectivity index (χ1v) is 14.0. The Bertz CT molecular complexity index is 1200. The molecular weight excluding hydrogens is 488 g/mol. The van der Waals surface area contributed by atoms with E-state index in [1.807, 2.05) is 44.2 Å². The van der Waals surface area contributed by atoms with Gasteiger partial charge in [-0.1, -0.05) is 54.1 Å². The average molecular weight is 517 g/mol. The Morgan fingerprint density at radius 3 is 2.38 bits per heavy atom. The van der Waals surface area contributed by atoms with Gasteiger partial charge in [0.05, 0.1) is 10.6 Å². The zero-order chi connectivity index (χ0) is 24.6. The maximum Gasteiger partial charge on any atom is 0.264 e. The predicted octanol–water partition coefficient (Wildman–Crippen LogP) is 5.59. The van der Waals surface area contributed by atoms with Crippen LogP contribution in [0.5, 0.6) is 0 Å². The van der Waals surface area contributed by atoms with E-state index in [4.69, 9.17) is 11.6 Å². The molecule has 0 aliphatic rings. The van der Waals surface area contributed by atoms with Crippen LogP contribution in [-0.4, -0.2) is 33.2 Å². The van der Waals surface area contributed by atoms with Crippen LogP contribution in [0, 0.1) is 13.8 Å². The Morgan fingerprint density at radius 1 is 0.971 bits per heavy atom. The molecule has 3 aromatic rings. The van der Waals surface area contributed by atoms with Crippen LogP contribution in [0.2, 0.25) is 5.02 Å². The van der Waals surface area contributed by atoms with Crippen LogP contribution in [0.15, 0.2) is 77.7 Å². The second-order valence-corrected chi connectivity index (χ2v) is 11.3. The molecule has 0 spiro atoms. The van der Waals surface area contributed by atoms with E-state index in [-0.39, 0.29) is 17.3 Å². The molecule has 0 bridgehead atoms. The molecule has 0 saturated heterocycles. The third-order valence-corrected chi connectivity index (χ3v) is 8.57. The second-order valence-electron chi connectivity index (χ2n) is 7.93. The number of sulfonamides is 1. The lowest BCUT2D eigenvalue weighted by molar-refractivity contribution is -0.119. The van der Waals surface area contributed by atoms with Gasteiger partial charge in [0, 0.05) is 17.3 Å². The van der Waals surface area contributed by atoms with Crippen molar-refractivity contribution in [2.45, 2.75) is 30.9 Å². The molecule has 0 unspecified atom stereocenters. The monoisotopic (exact) mass is 516 g/mol. The van der Waals surface area contributed by atoms with Crippen molar-refractivity contribution in [3.63, 3.8) is 0 Å². The smallest absolute Gasteiger partial charge is 0.264 e. The van der Waals surface area contributed by atoms with E-state index in [0.717, 1.165) is 34.1 Å². The largest absolute Gasteiger partial charge is 0.354 e. The van der Waals surface area contributed by atoms with Crippen LogP contribution in [0.4, 0.5) is 5.69 Å². The fourth-order valence-electron chi connectivity index (χ4n) is 3.38. The Kier molecular flexibility index (Phi) is 9.45. The Hall–Kier alpha value is -2.48. The second kappa shape index (κ2) is 12.3. The number of aryl methyl sites for hydroxylation is 1. The highest BCUT2D eigenvalue weighted by Gasteiger charge is 2.28. The Balaban J connectivity index is 1.60. The molecule has 0 aliphatic carbocycles. The van der Waals surface area contributed by atoms with Gasteiger partial charge < -0.3 is 5.32 Å². The van der Waals surface area contributed by atoms with Crippen LogP contribution in [0.3, 0.4) is 0 Å². The fourth-order valence-corrected chi connectivity index (χ4v) is 5.93. The van der Waals surface area contributed by atoms with E-state index < -0.39 is 10.0 Å². The van der Waals surface area contributed by atoms with Crippen LogP contribution in [-0.2, 0) is 20.6 Å². The number of halogens is 1. The van der Waals surface area contributed by atoms with Gasteiger partial charge in [0.25, 0.3) is 10.0 Å². The predicted molar refractivity (Wildman–Crippen MR) is 142 cm³/mol. The molecule has 180 valence electrons. The summed E-state index contributed by atoms with van der Waals surface area (Å²) < 4.78 is 28.1. The first-order chi connectivity index (χ1) is 16.3. The van der Waals surface area contributed by atoms with Crippen molar-refractivity contribution in [3.05, 3.63) is 94.5 Å². The number of hydrogen-bond acceptors (Lipinski definition) is 4. The SMILES string of the molecule is Cc1cccc(N(CC(=O)NCCCSCc2ccc(Cl)cc2)S(=O)(=O)c2ccccc2)c1C. The standard InChI is InChI=1S/C26H29ClN2O3S2/c1-20-8-6-11-25(21(20)2)29(34(31,32)24-9-4-3-5-10-24)18-26(30)28-16-7-17-33-19-22-12-14-23(27)15-13-22/h3-6,8-15H,7,16-19H2,1-2H3,(H,28,30). The van der Waals surface area contributed by atoms with E-state index in [1.54, 1.807) is 54.2 Å². The number of benzene rings is 3. The van der Waals surface area contributed by atoms with Gasteiger partial charge >= 0.3 is 0 Å². The molecule has 34 heavy (non-hydrogen) atoms. The van der Waals surface area contributed by atoms with Gasteiger partial charge in [0.15, 0.2) is 0 Å². The van der Waals surface area contributed by atoms with E-state index in [0.29, 0.717) is 12.2 Å². The zero-order valence-electron chi connectivity index (χ0n) is 19.3. The molecule has 0 atom stereocenters. The Morgan fingerprint density at radius 2 is 1.68 bits per heavy atom. The summed E-state index contributed by atoms with van der Waals surface area (Å²) in [5, 5.41) is 3.59. The molecule has 8 heteroatoms. The highest BCUT2D eigenvalue weighted by Crippen LogP contribution is 2.28. The summed E-state index contributed by atoms with van der Waals surface area (Å²) in [5.41, 5.74) is 3.50. The summed E-state index contributed by atoms with van der Waals surface area (Å²) >= 11 is 7.69. The molecule has 5 nitrogen and oxygen atoms in total. The zero-order valence-corrected chi connectivity index (χ0v) is 21.7. The molecule has 0 fully saturated rings. The summed E-state index contributed by atoms with van der Waals surface area (Å²) in [6, 6.07) is 21.4. The van der Waals surface area contributed by atoms with Crippen molar-refractivity contribution < 1.29 is 13.2 Å². The number of hydrogen-bond donors (Lipinski definition) is 1. The number of nitrogens with one attached hydrogen (secondary N) is 1. The molecule has 1 amide bonds. The number of thioether (sulfide) groups is 1. The molecule has 0 radical (unpaired) electrons. The van der Waals surface area contributed by atoms with Gasteiger partial charge in [-0.2, -0.15) is 11.8 Å². The van der Waals surface area contributed by atoms with Crippen molar-refractivity contribution in [1.82, 2.24) is 5.32 Å². The number of anilines is 1. The van der Waals surface area contributed by atoms with Gasteiger partial charge in [-0.25, -0.2) is 8.42 Å². The first-order valence-electron chi connectivity index (χ1n) is 11.0. The summed E-state index contributed by atoms with van der Waals surface area (Å²) in [7, 11) is -3.90. The van der Waals surface area contributed by atoms with E-state index in [1.165, 1.54) is 9.87 Å². The molecule has 1 N–H and O–H groups in total. The van der Waals surface area contributed by atoms with E-state index in [9.17, 15) is 13.2 Å². The van der Waals surface area contributed by atoms with Gasteiger partial charge in [0.2, 0.25) is 5.91 Å². The highest BCUT2D eigenvalue weighted by atomic mass is 35.5. The normalized spacial score (nSPS) is 11.3. The highest BCUT2D eigenvalue weighted by molar-refractivity contribution is 7.98. The van der Waals surface area contributed by atoms with Crippen LogP contribution in [0.1, 0.15) is 23.1 Å². The number of amides is 1. The van der Waals surface area contributed by atoms with Gasteiger partial charge in [-0.3, -0.25) is 9.10 Å². The average Bonchev–Trinajstić information content (AvgIpc) is 2.83. The third kappa shape index (κ3) is 7.01. The van der Waals surface area contributed by atoms with Gasteiger partial charge in [0.1, 0.15) is 6.54 Å². The molecule has 0 saturated carbocycles. The molecule has 0 heterocycles. The summed E-state index contributed by atoms with van der Waals surface area (Å²) in [6.07, 6.45) is 0.791.